The molecule has 3 atom stereocenters. The van der Waals surface area contributed by atoms with Gasteiger partial charge >= 0.3 is 0 Å². The maximum absolute atomic E-state index is 2.36. The third-order valence-corrected chi connectivity index (χ3v) is 5.07. The van der Waals surface area contributed by atoms with Gasteiger partial charge in [0.05, 0.1) is 0 Å². The molecule has 0 aromatic carbocycles. The van der Waals surface area contributed by atoms with Gasteiger partial charge in [-0.15, -0.1) is 0 Å². The van der Waals surface area contributed by atoms with Crippen LogP contribution >= 0.6 is 0 Å². The van der Waals surface area contributed by atoms with Gasteiger partial charge in [0.1, 0.15) is 0 Å². The highest BCUT2D eigenvalue weighted by atomic mass is 14.8. The van der Waals surface area contributed by atoms with Gasteiger partial charge in [0.15, 0.2) is 0 Å². The second-order valence-electron chi connectivity index (χ2n) is 5.01. The van der Waals surface area contributed by atoms with Crippen LogP contribution in [0.15, 0.2) is 0 Å². The lowest BCUT2D eigenvalue weighted by molar-refractivity contribution is 0.147. The molecule has 11 heavy (non-hydrogen) atoms. The lowest BCUT2D eigenvalue weighted by atomic mass is 9.69. The van der Waals surface area contributed by atoms with Gasteiger partial charge in [-0.05, 0) is 48.9 Å². The first-order valence-electron chi connectivity index (χ1n) is 5.36. The fourth-order valence-electron chi connectivity index (χ4n) is 4.67. The van der Waals surface area contributed by atoms with Crippen LogP contribution in [0, 0.1) is 16.7 Å². The summed E-state index contributed by atoms with van der Waals surface area (Å²) in [7, 11) is 0. The highest BCUT2D eigenvalue weighted by Crippen LogP contribution is 2.89. The van der Waals surface area contributed by atoms with E-state index in [0.29, 0.717) is 0 Å². The summed E-state index contributed by atoms with van der Waals surface area (Å²) < 4.78 is 0. The van der Waals surface area contributed by atoms with Crippen molar-refractivity contribution in [1.29, 1.82) is 0 Å². The fraction of sp³-hybridized carbons (Fsp3) is 1.00. The van der Waals surface area contributed by atoms with Gasteiger partial charge in [0.25, 0.3) is 0 Å². The molecule has 1 spiro atoms. The van der Waals surface area contributed by atoms with Crippen LogP contribution in [0.3, 0.4) is 0 Å². The van der Waals surface area contributed by atoms with Crippen molar-refractivity contribution in [2.45, 2.75) is 51.9 Å². The van der Waals surface area contributed by atoms with E-state index in [2.05, 4.69) is 6.92 Å². The van der Waals surface area contributed by atoms with Crippen molar-refractivity contribution in [2.75, 3.05) is 0 Å². The normalized spacial score (nSPS) is 58.1. The Morgan fingerprint density at radius 1 is 1.27 bits per heavy atom. The molecule has 0 N–H and O–H groups in total. The van der Waals surface area contributed by atoms with Crippen molar-refractivity contribution in [2.24, 2.45) is 16.7 Å². The zero-order valence-corrected chi connectivity index (χ0v) is 7.53. The van der Waals surface area contributed by atoms with E-state index >= 15 is 0 Å². The van der Waals surface area contributed by atoms with Gasteiger partial charge in [0, 0.05) is 0 Å². The van der Waals surface area contributed by atoms with Crippen molar-refractivity contribution in [3.05, 3.63) is 0 Å². The topological polar surface area (TPSA) is 0 Å². The molecular weight excluding hydrogens is 132 g/mol. The summed E-state index contributed by atoms with van der Waals surface area (Å²) in [6.45, 7) is 2.36. The molecule has 3 unspecified atom stereocenters. The molecule has 0 aromatic rings. The molecule has 0 saturated heterocycles. The molecule has 3 aliphatic rings. The molecule has 0 amide bonds. The summed E-state index contributed by atoms with van der Waals surface area (Å²) in [5.41, 5.74) is 1.88. The number of rotatable bonds is 2. The molecule has 0 aliphatic heterocycles. The van der Waals surface area contributed by atoms with Gasteiger partial charge in [-0.1, -0.05) is 19.8 Å². The molecule has 3 saturated carbocycles. The standard InChI is InChI=1S/C11H18/c1-2-5-10-7-8-11(10)6-3-4-9(10)11/h9H,2-8H2,1H3. The van der Waals surface area contributed by atoms with Crippen molar-refractivity contribution in [1.82, 2.24) is 0 Å². The average molecular weight is 150 g/mol. The summed E-state index contributed by atoms with van der Waals surface area (Å²) in [5.74, 6) is 1.20. The summed E-state index contributed by atoms with van der Waals surface area (Å²) >= 11 is 0. The summed E-state index contributed by atoms with van der Waals surface area (Å²) in [6.07, 6.45) is 10.9. The lowest BCUT2D eigenvalue weighted by Gasteiger charge is -2.35. The van der Waals surface area contributed by atoms with E-state index < -0.39 is 0 Å². The highest BCUT2D eigenvalue weighted by molar-refractivity contribution is 5.29. The zero-order chi connectivity index (χ0) is 7.53. The number of hydrogen-bond donors (Lipinski definition) is 0. The van der Waals surface area contributed by atoms with Crippen LogP contribution in [-0.4, -0.2) is 0 Å². The minimum atomic E-state index is 0.931. The summed E-state index contributed by atoms with van der Waals surface area (Å²) in [4.78, 5) is 0. The molecule has 0 heterocycles. The Bertz CT molecular complexity index is 196. The van der Waals surface area contributed by atoms with Crippen LogP contribution in [0.5, 0.6) is 0 Å². The maximum atomic E-state index is 2.36. The Kier molecular flexibility index (Phi) is 0.990. The van der Waals surface area contributed by atoms with Crippen molar-refractivity contribution >= 4 is 0 Å². The van der Waals surface area contributed by atoms with E-state index in [1.807, 2.05) is 0 Å². The largest absolute Gasteiger partial charge is 0.0654 e. The predicted octanol–water partition coefficient (Wildman–Crippen LogP) is 3.37. The van der Waals surface area contributed by atoms with E-state index in [9.17, 15) is 0 Å². The summed E-state index contributed by atoms with van der Waals surface area (Å²) in [5, 5.41) is 0. The van der Waals surface area contributed by atoms with E-state index in [-0.39, 0.29) is 0 Å². The van der Waals surface area contributed by atoms with Crippen LogP contribution < -0.4 is 0 Å². The second-order valence-corrected chi connectivity index (χ2v) is 5.01. The zero-order valence-electron chi connectivity index (χ0n) is 7.53. The van der Waals surface area contributed by atoms with E-state index in [1.54, 1.807) is 38.5 Å². The highest BCUT2D eigenvalue weighted by Gasteiger charge is 2.81. The first-order chi connectivity index (χ1) is 5.36. The van der Waals surface area contributed by atoms with Crippen LogP contribution in [-0.2, 0) is 0 Å². The number of fused-ring (bicyclic) bond motifs is 1. The smallest absolute Gasteiger partial charge is 0.0204 e. The van der Waals surface area contributed by atoms with Gasteiger partial charge < -0.3 is 0 Å². The van der Waals surface area contributed by atoms with Gasteiger partial charge in [-0.2, -0.15) is 0 Å². The van der Waals surface area contributed by atoms with Crippen LogP contribution in [0.25, 0.3) is 0 Å². The van der Waals surface area contributed by atoms with E-state index in [1.165, 1.54) is 12.3 Å². The van der Waals surface area contributed by atoms with Gasteiger partial charge in [-0.25, -0.2) is 0 Å². The quantitative estimate of drug-likeness (QED) is 0.566. The van der Waals surface area contributed by atoms with Gasteiger partial charge in [0.2, 0.25) is 0 Å². The third kappa shape index (κ3) is 0.467. The minimum Gasteiger partial charge on any atom is -0.0654 e. The monoisotopic (exact) mass is 150 g/mol. The molecule has 0 radical (unpaired) electrons. The Morgan fingerprint density at radius 2 is 2.18 bits per heavy atom. The van der Waals surface area contributed by atoms with Crippen molar-refractivity contribution < 1.29 is 0 Å². The first-order valence-corrected chi connectivity index (χ1v) is 5.36. The number of hydrogen-bond acceptors (Lipinski definition) is 0. The second kappa shape index (κ2) is 1.67. The maximum Gasteiger partial charge on any atom is -0.0204 e. The molecular formula is C11H18. The lowest BCUT2D eigenvalue weighted by Crippen LogP contribution is -2.25. The molecule has 3 rings (SSSR count). The third-order valence-electron chi connectivity index (χ3n) is 5.07. The van der Waals surface area contributed by atoms with Crippen LogP contribution in [0.2, 0.25) is 0 Å². The fourth-order valence-corrected chi connectivity index (χ4v) is 4.67. The minimum absolute atomic E-state index is 0.931. The Labute approximate surface area is 69.4 Å². The summed E-state index contributed by atoms with van der Waals surface area (Å²) in [6, 6.07) is 0. The molecule has 0 nitrogen and oxygen atoms in total. The Morgan fingerprint density at radius 3 is 2.73 bits per heavy atom. The first kappa shape index (κ1) is 6.51. The molecule has 0 aromatic heterocycles. The SMILES string of the molecule is CCCC12CCC13CCCC23. The Balaban J connectivity index is 1.84. The average Bonchev–Trinajstić information content (AvgIpc) is 2.41. The van der Waals surface area contributed by atoms with Crippen LogP contribution in [0.1, 0.15) is 51.9 Å². The molecule has 3 aliphatic carbocycles. The van der Waals surface area contributed by atoms with E-state index in [0.717, 1.165) is 10.8 Å². The van der Waals surface area contributed by atoms with Crippen LogP contribution in [0.4, 0.5) is 0 Å². The predicted molar refractivity (Wildman–Crippen MR) is 46.3 cm³/mol. The van der Waals surface area contributed by atoms with E-state index in [4.69, 9.17) is 0 Å². The van der Waals surface area contributed by atoms with Gasteiger partial charge in [-0.3, -0.25) is 0 Å². The molecule has 3 fully saturated rings. The molecule has 62 valence electrons. The molecule has 0 heteroatoms. The van der Waals surface area contributed by atoms with Crippen molar-refractivity contribution in [3.8, 4) is 0 Å². The molecule has 0 bridgehead atoms. The Hall–Kier alpha value is 0. The van der Waals surface area contributed by atoms with Crippen molar-refractivity contribution in [3.63, 3.8) is 0 Å².